The molecule has 0 unspecified atom stereocenters. The van der Waals surface area contributed by atoms with Gasteiger partial charge in [0.05, 0.1) is 6.10 Å². The molecule has 7 heteroatoms. The highest BCUT2D eigenvalue weighted by atomic mass is 16.6. The summed E-state index contributed by atoms with van der Waals surface area (Å²) in [6.45, 7) is 3.19. The number of methoxy groups -OCH3 is 1. The first-order valence-corrected chi connectivity index (χ1v) is 9.28. The number of benzene rings is 1. The fourth-order valence-electron chi connectivity index (χ4n) is 3.73. The van der Waals surface area contributed by atoms with Crippen LogP contribution in [0.3, 0.4) is 0 Å². The highest BCUT2D eigenvalue weighted by Gasteiger charge is 2.49. The minimum Gasteiger partial charge on any atom is -0.458 e. The summed E-state index contributed by atoms with van der Waals surface area (Å²) in [4.78, 5) is 38.5. The molecule has 3 amide bonds. The van der Waals surface area contributed by atoms with E-state index in [-0.39, 0.29) is 12.2 Å². The summed E-state index contributed by atoms with van der Waals surface area (Å²) in [5, 5.41) is 2.70. The lowest BCUT2D eigenvalue weighted by Gasteiger charge is -2.30. The first kappa shape index (κ1) is 19.4. The lowest BCUT2D eigenvalue weighted by Crippen LogP contribution is -2.43. The van der Waals surface area contributed by atoms with Crippen molar-refractivity contribution >= 4 is 17.9 Å². The maximum absolute atomic E-state index is 12.9. The number of imide groups is 1. The summed E-state index contributed by atoms with van der Waals surface area (Å²) in [5.74, 6) is -1.05. The Morgan fingerprint density at radius 1 is 1.19 bits per heavy atom. The predicted molar refractivity (Wildman–Crippen MR) is 97.9 cm³/mol. The minimum atomic E-state index is -1.19. The third-order valence-corrected chi connectivity index (χ3v) is 5.42. The molecule has 1 aliphatic carbocycles. The monoisotopic (exact) mass is 374 g/mol. The van der Waals surface area contributed by atoms with Gasteiger partial charge in [0, 0.05) is 7.11 Å². The number of esters is 1. The standard InChI is InChI=1S/C20H26N2O5/c1-13-8-10-14(11-9-13)20(2)18(24)22(19(25)21-20)12-17(23)27-16-7-5-4-6-15(16)26-3/h8-11,15-16H,4-7,12H2,1-3H3,(H,21,25)/t15-,16-,20-/m1/s1. The van der Waals surface area contributed by atoms with Gasteiger partial charge in [-0.1, -0.05) is 36.2 Å². The molecule has 7 nitrogen and oxygen atoms in total. The smallest absolute Gasteiger partial charge is 0.326 e. The van der Waals surface area contributed by atoms with Crippen molar-refractivity contribution in [3.05, 3.63) is 35.4 Å². The lowest BCUT2D eigenvalue weighted by molar-refractivity contribution is -0.161. The number of aryl methyl sites for hydroxylation is 1. The van der Waals surface area contributed by atoms with Gasteiger partial charge in [-0.25, -0.2) is 4.79 Å². The minimum absolute atomic E-state index is 0.136. The molecule has 27 heavy (non-hydrogen) atoms. The van der Waals surface area contributed by atoms with Crippen LogP contribution >= 0.6 is 0 Å². The van der Waals surface area contributed by atoms with Crippen molar-refractivity contribution in [3.63, 3.8) is 0 Å². The first-order valence-electron chi connectivity index (χ1n) is 9.28. The van der Waals surface area contributed by atoms with E-state index in [0.29, 0.717) is 5.56 Å². The van der Waals surface area contributed by atoms with Gasteiger partial charge in [0.1, 0.15) is 18.2 Å². The van der Waals surface area contributed by atoms with Crippen molar-refractivity contribution in [2.24, 2.45) is 0 Å². The van der Waals surface area contributed by atoms with Gasteiger partial charge in [0.2, 0.25) is 0 Å². The molecule has 1 saturated heterocycles. The Morgan fingerprint density at radius 3 is 2.44 bits per heavy atom. The highest BCUT2D eigenvalue weighted by molar-refractivity contribution is 6.08. The van der Waals surface area contributed by atoms with Gasteiger partial charge in [0.15, 0.2) is 0 Å². The van der Waals surface area contributed by atoms with Crippen molar-refractivity contribution in [2.45, 2.75) is 57.3 Å². The number of nitrogens with one attached hydrogen (secondary N) is 1. The summed E-state index contributed by atoms with van der Waals surface area (Å²) < 4.78 is 10.9. The third kappa shape index (κ3) is 3.83. The van der Waals surface area contributed by atoms with Crippen molar-refractivity contribution in [1.29, 1.82) is 0 Å². The van der Waals surface area contributed by atoms with E-state index in [1.165, 1.54) is 0 Å². The Labute approximate surface area is 159 Å². The zero-order valence-electron chi connectivity index (χ0n) is 16.0. The summed E-state index contributed by atoms with van der Waals surface area (Å²) in [6.07, 6.45) is 3.10. The number of hydrogen-bond acceptors (Lipinski definition) is 5. The van der Waals surface area contributed by atoms with E-state index in [2.05, 4.69) is 5.32 Å². The number of amides is 3. The number of carbonyl (C=O) groups excluding carboxylic acids is 3. The summed E-state index contributed by atoms with van der Waals surface area (Å²) in [7, 11) is 1.60. The van der Waals surface area contributed by atoms with Crippen LogP contribution in [0.4, 0.5) is 4.79 Å². The van der Waals surface area contributed by atoms with E-state index in [0.717, 1.165) is 36.1 Å². The van der Waals surface area contributed by atoms with Crippen molar-refractivity contribution in [3.8, 4) is 0 Å². The third-order valence-electron chi connectivity index (χ3n) is 5.42. The second-order valence-electron chi connectivity index (χ2n) is 7.40. The maximum atomic E-state index is 12.9. The largest absolute Gasteiger partial charge is 0.458 e. The summed E-state index contributed by atoms with van der Waals surface area (Å²) in [6, 6.07) is 6.78. The second-order valence-corrected chi connectivity index (χ2v) is 7.40. The molecular formula is C20H26N2O5. The molecule has 1 saturated carbocycles. The van der Waals surface area contributed by atoms with Gasteiger partial charge in [-0.05, 0) is 38.7 Å². The Hall–Kier alpha value is -2.41. The number of rotatable bonds is 5. The highest BCUT2D eigenvalue weighted by Crippen LogP contribution is 2.29. The van der Waals surface area contributed by atoms with Crippen molar-refractivity contribution in [2.75, 3.05) is 13.7 Å². The zero-order chi connectivity index (χ0) is 19.6. The quantitative estimate of drug-likeness (QED) is 0.631. The SMILES string of the molecule is CO[C@@H]1CCCC[C@H]1OC(=O)CN1C(=O)N[C@](C)(c2ccc(C)cc2)C1=O. The van der Waals surface area contributed by atoms with Gasteiger partial charge in [-0.15, -0.1) is 0 Å². The molecule has 3 rings (SSSR count). The van der Waals surface area contributed by atoms with Crippen LogP contribution in [0.15, 0.2) is 24.3 Å². The molecule has 0 radical (unpaired) electrons. The molecule has 0 spiro atoms. The Balaban J connectivity index is 1.68. The molecule has 3 atom stereocenters. The van der Waals surface area contributed by atoms with E-state index in [9.17, 15) is 14.4 Å². The van der Waals surface area contributed by atoms with E-state index in [1.54, 1.807) is 26.2 Å². The van der Waals surface area contributed by atoms with Crippen LogP contribution in [0.2, 0.25) is 0 Å². The first-order chi connectivity index (χ1) is 12.8. The van der Waals surface area contributed by atoms with Gasteiger partial charge in [-0.3, -0.25) is 14.5 Å². The number of ether oxygens (including phenoxy) is 2. The van der Waals surface area contributed by atoms with Crippen LogP contribution in [0, 0.1) is 6.92 Å². The number of hydrogen-bond donors (Lipinski definition) is 1. The number of nitrogens with zero attached hydrogens (tertiary/aromatic N) is 1. The molecule has 1 aliphatic heterocycles. The average Bonchev–Trinajstić information content (AvgIpc) is 2.86. The molecule has 0 bridgehead atoms. The topological polar surface area (TPSA) is 84.9 Å². The van der Waals surface area contributed by atoms with E-state index >= 15 is 0 Å². The Morgan fingerprint density at radius 2 is 1.81 bits per heavy atom. The molecule has 146 valence electrons. The van der Waals surface area contributed by atoms with E-state index < -0.39 is 30.0 Å². The number of carbonyl (C=O) groups is 3. The molecule has 1 N–H and O–H groups in total. The lowest BCUT2D eigenvalue weighted by atomic mass is 9.91. The predicted octanol–water partition coefficient (Wildman–Crippen LogP) is 2.26. The maximum Gasteiger partial charge on any atom is 0.326 e. The van der Waals surface area contributed by atoms with Crippen LogP contribution in [0.1, 0.15) is 43.7 Å². The Bertz CT molecular complexity index is 732. The van der Waals surface area contributed by atoms with Crippen LogP contribution < -0.4 is 5.32 Å². The van der Waals surface area contributed by atoms with Gasteiger partial charge < -0.3 is 14.8 Å². The molecule has 1 aromatic carbocycles. The van der Waals surface area contributed by atoms with Gasteiger partial charge in [0.25, 0.3) is 5.91 Å². The molecule has 2 fully saturated rings. The Kier molecular flexibility index (Phi) is 5.51. The fourth-order valence-corrected chi connectivity index (χ4v) is 3.73. The van der Waals surface area contributed by atoms with Crippen LogP contribution in [0.25, 0.3) is 0 Å². The molecule has 1 heterocycles. The van der Waals surface area contributed by atoms with Gasteiger partial charge >= 0.3 is 12.0 Å². The van der Waals surface area contributed by atoms with Crippen LogP contribution in [-0.2, 0) is 24.6 Å². The van der Waals surface area contributed by atoms with Crippen molar-refractivity contribution < 1.29 is 23.9 Å². The summed E-state index contributed by atoms with van der Waals surface area (Å²) in [5.41, 5.74) is 0.541. The summed E-state index contributed by atoms with van der Waals surface area (Å²) >= 11 is 0. The number of urea groups is 1. The molecule has 2 aliphatic rings. The van der Waals surface area contributed by atoms with Gasteiger partial charge in [-0.2, -0.15) is 0 Å². The van der Waals surface area contributed by atoms with E-state index in [4.69, 9.17) is 9.47 Å². The average molecular weight is 374 g/mol. The second kappa shape index (κ2) is 7.68. The van der Waals surface area contributed by atoms with Crippen molar-refractivity contribution in [1.82, 2.24) is 10.2 Å². The van der Waals surface area contributed by atoms with Crippen LogP contribution in [-0.4, -0.2) is 48.7 Å². The van der Waals surface area contributed by atoms with Crippen LogP contribution in [0.5, 0.6) is 0 Å². The molecular weight excluding hydrogens is 348 g/mol. The van der Waals surface area contributed by atoms with E-state index in [1.807, 2.05) is 19.1 Å². The molecule has 1 aromatic rings. The fraction of sp³-hybridized carbons (Fsp3) is 0.550. The zero-order valence-corrected chi connectivity index (χ0v) is 16.0. The normalized spacial score (nSPS) is 28.2. The molecule has 0 aromatic heterocycles.